The molecule has 4 rings (SSSR count). The van der Waals surface area contributed by atoms with E-state index in [1.165, 1.54) is 0 Å². The molecule has 0 saturated carbocycles. The predicted octanol–water partition coefficient (Wildman–Crippen LogP) is 1.15. The van der Waals surface area contributed by atoms with Crippen LogP contribution < -0.4 is 11.3 Å². The van der Waals surface area contributed by atoms with Gasteiger partial charge < -0.3 is 15.6 Å². The number of aromatic amines is 1. The van der Waals surface area contributed by atoms with Gasteiger partial charge in [0.05, 0.1) is 17.4 Å². The van der Waals surface area contributed by atoms with E-state index in [4.69, 9.17) is 5.73 Å². The molecular weight excluding hydrogens is 384 g/mol. The fourth-order valence-electron chi connectivity index (χ4n) is 3.53. The molecule has 1 aromatic carbocycles. The normalized spacial score (nSPS) is 11.3. The zero-order valence-electron chi connectivity index (χ0n) is 17.0. The maximum atomic E-state index is 12.7. The maximum Gasteiger partial charge on any atom is 0.258 e. The van der Waals surface area contributed by atoms with Crippen LogP contribution in [0.1, 0.15) is 29.2 Å². The van der Waals surface area contributed by atoms with E-state index in [0.29, 0.717) is 28.9 Å². The molecule has 3 aromatic heterocycles. The minimum Gasteiger partial charge on any atom is -0.366 e. The van der Waals surface area contributed by atoms with Gasteiger partial charge in [-0.05, 0) is 38.0 Å². The summed E-state index contributed by atoms with van der Waals surface area (Å²) in [5, 5.41) is 4.67. The lowest BCUT2D eigenvalue weighted by atomic mass is 10.1. The van der Waals surface area contributed by atoms with Crippen molar-refractivity contribution >= 4 is 28.5 Å². The van der Waals surface area contributed by atoms with Crippen LogP contribution in [-0.2, 0) is 17.8 Å². The second-order valence-corrected chi connectivity index (χ2v) is 7.22. The second-order valence-electron chi connectivity index (χ2n) is 7.22. The second kappa shape index (κ2) is 7.54. The van der Waals surface area contributed by atoms with Gasteiger partial charge in [-0.3, -0.25) is 9.59 Å². The standard InChI is InChI=1S/C20H22N8O2/c1-11-13(12(2)28-20(22-11)25-19(21)26-28)8-9-17(29)27(3)10-16-23-15-7-5-4-6-14(15)18(30)24-16/h4-7H,8-10H2,1-3H3,(H2,21,26)(H,23,24,30). The number of carbonyl (C=O) groups is 1. The van der Waals surface area contributed by atoms with Gasteiger partial charge in [0.1, 0.15) is 5.82 Å². The van der Waals surface area contributed by atoms with Crippen LogP contribution in [0.3, 0.4) is 0 Å². The summed E-state index contributed by atoms with van der Waals surface area (Å²) in [6, 6.07) is 7.11. The minimum atomic E-state index is -0.214. The average molecular weight is 406 g/mol. The summed E-state index contributed by atoms with van der Waals surface area (Å²) < 4.78 is 1.59. The molecule has 3 N–H and O–H groups in total. The maximum absolute atomic E-state index is 12.7. The summed E-state index contributed by atoms with van der Waals surface area (Å²) >= 11 is 0. The number of hydrogen-bond donors (Lipinski definition) is 2. The third kappa shape index (κ3) is 3.59. The Morgan fingerprint density at radius 2 is 1.97 bits per heavy atom. The fraction of sp³-hybridized carbons (Fsp3) is 0.300. The van der Waals surface area contributed by atoms with Gasteiger partial charge in [0, 0.05) is 24.9 Å². The van der Waals surface area contributed by atoms with Gasteiger partial charge in [-0.25, -0.2) is 9.97 Å². The van der Waals surface area contributed by atoms with Crippen molar-refractivity contribution in [1.82, 2.24) is 34.4 Å². The number of carbonyl (C=O) groups excluding carboxylic acids is 1. The van der Waals surface area contributed by atoms with Crippen LogP contribution in [-0.4, -0.2) is 47.4 Å². The van der Waals surface area contributed by atoms with E-state index in [1.54, 1.807) is 34.7 Å². The van der Waals surface area contributed by atoms with Crippen molar-refractivity contribution in [2.45, 2.75) is 33.2 Å². The number of aryl methyl sites for hydroxylation is 2. The molecule has 1 amide bonds. The lowest BCUT2D eigenvalue weighted by molar-refractivity contribution is -0.130. The van der Waals surface area contributed by atoms with Gasteiger partial charge in [0.2, 0.25) is 11.9 Å². The molecular formula is C20H22N8O2. The van der Waals surface area contributed by atoms with Gasteiger partial charge in [-0.1, -0.05) is 12.1 Å². The van der Waals surface area contributed by atoms with E-state index in [-0.39, 0.29) is 30.4 Å². The van der Waals surface area contributed by atoms with Gasteiger partial charge in [-0.2, -0.15) is 9.50 Å². The van der Waals surface area contributed by atoms with Crippen molar-refractivity contribution in [2.24, 2.45) is 0 Å². The summed E-state index contributed by atoms with van der Waals surface area (Å²) in [6.07, 6.45) is 0.790. The first-order valence-corrected chi connectivity index (χ1v) is 9.53. The van der Waals surface area contributed by atoms with Crippen LogP contribution in [0.15, 0.2) is 29.1 Å². The largest absolute Gasteiger partial charge is 0.366 e. The Bertz CT molecular complexity index is 1320. The molecule has 0 fully saturated rings. The Hall–Kier alpha value is -3.82. The zero-order valence-corrected chi connectivity index (χ0v) is 17.0. The lowest BCUT2D eigenvalue weighted by Gasteiger charge is -2.17. The number of anilines is 1. The molecule has 0 bridgehead atoms. The predicted molar refractivity (Wildman–Crippen MR) is 112 cm³/mol. The molecule has 154 valence electrons. The average Bonchev–Trinajstić information content (AvgIpc) is 3.08. The summed E-state index contributed by atoms with van der Waals surface area (Å²) in [6.45, 7) is 4.00. The summed E-state index contributed by atoms with van der Waals surface area (Å²) in [5.74, 6) is 0.988. The van der Waals surface area contributed by atoms with Crippen LogP contribution in [0, 0.1) is 13.8 Å². The van der Waals surface area contributed by atoms with E-state index >= 15 is 0 Å². The Morgan fingerprint density at radius 3 is 2.77 bits per heavy atom. The molecule has 0 aliphatic carbocycles. The molecule has 3 heterocycles. The highest BCUT2D eigenvalue weighted by Crippen LogP contribution is 2.17. The number of nitrogens with two attached hydrogens (primary N) is 1. The number of rotatable bonds is 5. The number of H-pyrrole nitrogens is 1. The number of fused-ring (bicyclic) bond motifs is 2. The Morgan fingerprint density at radius 1 is 1.20 bits per heavy atom. The van der Waals surface area contributed by atoms with Crippen LogP contribution in [0.2, 0.25) is 0 Å². The number of aromatic nitrogens is 6. The van der Waals surface area contributed by atoms with E-state index in [0.717, 1.165) is 17.0 Å². The first-order valence-electron chi connectivity index (χ1n) is 9.53. The van der Waals surface area contributed by atoms with E-state index < -0.39 is 0 Å². The quantitative estimate of drug-likeness (QED) is 0.507. The number of nitrogens with zero attached hydrogens (tertiary/aromatic N) is 6. The first-order chi connectivity index (χ1) is 14.3. The molecule has 4 aromatic rings. The number of benzene rings is 1. The molecule has 30 heavy (non-hydrogen) atoms. The van der Waals surface area contributed by atoms with E-state index in [1.807, 2.05) is 19.9 Å². The molecule has 10 nitrogen and oxygen atoms in total. The summed E-state index contributed by atoms with van der Waals surface area (Å²) in [7, 11) is 1.69. The summed E-state index contributed by atoms with van der Waals surface area (Å²) in [4.78, 5) is 42.2. The number of amides is 1. The zero-order chi connectivity index (χ0) is 21.4. The summed E-state index contributed by atoms with van der Waals surface area (Å²) in [5.41, 5.74) is 8.65. The third-order valence-corrected chi connectivity index (χ3v) is 5.13. The molecule has 0 radical (unpaired) electrons. The van der Waals surface area contributed by atoms with Crippen molar-refractivity contribution in [3.05, 3.63) is 57.4 Å². The molecule has 0 unspecified atom stereocenters. The monoisotopic (exact) mass is 406 g/mol. The Kier molecular flexibility index (Phi) is 4.90. The van der Waals surface area contributed by atoms with Gasteiger partial charge in [-0.15, -0.1) is 5.10 Å². The highest BCUT2D eigenvalue weighted by molar-refractivity contribution is 5.78. The van der Waals surface area contributed by atoms with E-state index in [2.05, 4.69) is 25.0 Å². The van der Waals surface area contributed by atoms with Gasteiger partial charge in [0.25, 0.3) is 11.3 Å². The van der Waals surface area contributed by atoms with Crippen molar-refractivity contribution in [1.29, 1.82) is 0 Å². The topological polar surface area (TPSA) is 135 Å². The SMILES string of the molecule is Cc1nc2nc(N)nn2c(C)c1CCC(=O)N(C)Cc1nc2ccccc2c(=O)[nH]1. The highest BCUT2D eigenvalue weighted by Gasteiger charge is 2.16. The van der Waals surface area contributed by atoms with Crippen LogP contribution in [0.4, 0.5) is 5.95 Å². The highest BCUT2D eigenvalue weighted by atomic mass is 16.2. The van der Waals surface area contributed by atoms with Gasteiger partial charge in [0.15, 0.2) is 0 Å². The molecule has 0 atom stereocenters. The van der Waals surface area contributed by atoms with Crippen molar-refractivity contribution < 1.29 is 4.79 Å². The van der Waals surface area contributed by atoms with Crippen LogP contribution >= 0.6 is 0 Å². The Balaban J connectivity index is 1.48. The van der Waals surface area contributed by atoms with Crippen molar-refractivity contribution in [2.75, 3.05) is 12.8 Å². The third-order valence-electron chi connectivity index (χ3n) is 5.13. The minimum absolute atomic E-state index is 0.0668. The van der Waals surface area contributed by atoms with Gasteiger partial charge >= 0.3 is 0 Å². The number of nitrogen functional groups attached to an aromatic ring is 1. The first kappa shape index (κ1) is 19.5. The molecule has 0 aliphatic rings. The number of para-hydroxylation sites is 1. The smallest absolute Gasteiger partial charge is 0.258 e. The number of nitrogens with one attached hydrogen (secondary N) is 1. The van der Waals surface area contributed by atoms with E-state index in [9.17, 15) is 9.59 Å². The molecule has 0 saturated heterocycles. The van der Waals surface area contributed by atoms with Crippen LogP contribution in [0.25, 0.3) is 16.7 Å². The molecule has 0 aliphatic heterocycles. The van der Waals surface area contributed by atoms with Crippen molar-refractivity contribution in [3.8, 4) is 0 Å². The molecule has 10 heteroatoms. The van der Waals surface area contributed by atoms with Crippen LogP contribution in [0.5, 0.6) is 0 Å². The number of hydrogen-bond acceptors (Lipinski definition) is 7. The fourth-order valence-corrected chi connectivity index (χ4v) is 3.53. The molecule has 0 spiro atoms. The Labute approximate surface area is 171 Å². The lowest BCUT2D eigenvalue weighted by Crippen LogP contribution is -2.28. The van der Waals surface area contributed by atoms with Crippen molar-refractivity contribution in [3.63, 3.8) is 0 Å².